The van der Waals surface area contributed by atoms with Gasteiger partial charge in [0.25, 0.3) is 0 Å². The molecule has 0 saturated carbocycles. The first-order valence-corrected chi connectivity index (χ1v) is 10.2. The van der Waals surface area contributed by atoms with Crippen molar-refractivity contribution in [1.29, 1.82) is 0 Å². The summed E-state index contributed by atoms with van der Waals surface area (Å²) in [6, 6.07) is 14.2. The van der Waals surface area contributed by atoms with Gasteiger partial charge in [0.2, 0.25) is 0 Å². The molecule has 5 heteroatoms. The van der Waals surface area contributed by atoms with E-state index in [1.807, 2.05) is 26.0 Å². The predicted molar refractivity (Wildman–Crippen MR) is 114 cm³/mol. The van der Waals surface area contributed by atoms with E-state index in [2.05, 4.69) is 26.0 Å². The molecule has 0 radical (unpaired) electrons. The van der Waals surface area contributed by atoms with E-state index in [0.717, 1.165) is 25.0 Å². The summed E-state index contributed by atoms with van der Waals surface area (Å²) in [5, 5.41) is 9.27. The van der Waals surface area contributed by atoms with E-state index in [1.165, 1.54) is 29.8 Å². The number of carbonyl (C=O) groups excluding carboxylic acids is 1. The summed E-state index contributed by atoms with van der Waals surface area (Å²) in [6.07, 6.45) is 3.01. The van der Waals surface area contributed by atoms with Crippen LogP contribution in [0.3, 0.4) is 0 Å². The molecular formula is C24H32O5. The minimum absolute atomic E-state index is 0.110. The lowest BCUT2D eigenvalue weighted by molar-refractivity contribution is 0.0000641. The molecule has 0 fully saturated rings. The van der Waals surface area contributed by atoms with E-state index in [0.29, 0.717) is 24.7 Å². The van der Waals surface area contributed by atoms with Crippen LogP contribution >= 0.6 is 0 Å². The average molecular weight is 401 g/mol. The van der Waals surface area contributed by atoms with Gasteiger partial charge in [-0.05, 0) is 81.0 Å². The molecule has 2 aromatic carbocycles. The van der Waals surface area contributed by atoms with Crippen molar-refractivity contribution in [2.24, 2.45) is 5.92 Å². The summed E-state index contributed by atoms with van der Waals surface area (Å²) in [5.74, 6) is 1.64. The molecule has 5 nitrogen and oxygen atoms in total. The van der Waals surface area contributed by atoms with Crippen molar-refractivity contribution >= 4 is 6.16 Å². The van der Waals surface area contributed by atoms with Crippen molar-refractivity contribution in [2.75, 3.05) is 6.61 Å². The molecule has 0 amide bonds. The molecule has 0 saturated heterocycles. The Morgan fingerprint density at radius 3 is 2.28 bits per heavy atom. The number of aryl methyl sites for hydroxylation is 1. The van der Waals surface area contributed by atoms with Gasteiger partial charge in [-0.25, -0.2) is 4.79 Å². The lowest BCUT2D eigenvalue weighted by Gasteiger charge is -2.26. The van der Waals surface area contributed by atoms with Gasteiger partial charge >= 0.3 is 6.16 Å². The first-order valence-electron chi connectivity index (χ1n) is 10.2. The highest BCUT2D eigenvalue weighted by atomic mass is 16.7. The number of phenols is 1. The summed E-state index contributed by atoms with van der Waals surface area (Å²) in [6.45, 7) is 8.64. The Bertz CT molecular complexity index is 750. The molecule has 1 unspecified atom stereocenters. The normalized spacial score (nSPS) is 12.3. The molecule has 2 rings (SSSR count). The van der Waals surface area contributed by atoms with E-state index >= 15 is 0 Å². The monoisotopic (exact) mass is 400 g/mol. The number of aromatic hydroxyl groups is 1. The van der Waals surface area contributed by atoms with Crippen LogP contribution in [0, 0.1) is 5.92 Å². The molecule has 0 aliphatic carbocycles. The molecule has 2 aromatic rings. The Balaban J connectivity index is 1.72. The SMILES string of the molecule is CCCc1ccc(OCC(C)CCC(C)(C)OC(=O)Oc2ccc(O)cc2)cc1. The topological polar surface area (TPSA) is 65.0 Å². The van der Waals surface area contributed by atoms with Crippen LogP contribution in [0.4, 0.5) is 4.79 Å². The fraction of sp³-hybridized carbons (Fsp3) is 0.458. The van der Waals surface area contributed by atoms with Gasteiger partial charge in [-0.2, -0.15) is 0 Å². The van der Waals surface area contributed by atoms with E-state index in [1.54, 1.807) is 0 Å². The summed E-state index contributed by atoms with van der Waals surface area (Å²) < 4.78 is 16.5. The Kier molecular flexibility index (Phi) is 8.37. The first-order chi connectivity index (χ1) is 13.8. The summed E-state index contributed by atoms with van der Waals surface area (Å²) in [7, 11) is 0. The lowest BCUT2D eigenvalue weighted by atomic mass is 9.96. The number of hydrogen-bond donors (Lipinski definition) is 1. The second-order valence-electron chi connectivity index (χ2n) is 8.06. The number of ether oxygens (including phenoxy) is 3. The highest BCUT2D eigenvalue weighted by Gasteiger charge is 2.25. The van der Waals surface area contributed by atoms with Crippen molar-refractivity contribution in [2.45, 2.75) is 59.0 Å². The molecular weight excluding hydrogens is 368 g/mol. The molecule has 0 aliphatic heterocycles. The van der Waals surface area contributed by atoms with E-state index in [-0.39, 0.29) is 5.75 Å². The maximum Gasteiger partial charge on any atom is 0.514 e. The molecule has 0 aromatic heterocycles. The Labute approximate surface area is 173 Å². The molecule has 1 atom stereocenters. The Morgan fingerprint density at radius 2 is 1.66 bits per heavy atom. The zero-order valence-electron chi connectivity index (χ0n) is 17.8. The first kappa shape index (κ1) is 22.6. The largest absolute Gasteiger partial charge is 0.514 e. The van der Waals surface area contributed by atoms with Crippen molar-refractivity contribution < 1.29 is 24.1 Å². The quantitative estimate of drug-likeness (QED) is 0.384. The molecule has 158 valence electrons. The van der Waals surface area contributed by atoms with Gasteiger partial charge in [0.1, 0.15) is 22.8 Å². The van der Waals surface area contributed by atoms with Gasteiger partial charge in [0.05, 0.1) is 6.61 Å². The number of benzene rings is 2. The van der Waals surface area contributed by atoms with Crippen LogP contribution in [0.5, 0.6) is 17.2 Å². The summed E-state index contributed by atoms with van der Waals surface area (Å²) in [5.41, 5.74) is 0.676. The van der Waals surface area contributed by atoms with Crippen molar-refractivity contribution in [1.82, 2.24) is 0 Å². The van der Waals surface area contributed by atoms with Gasteiger partial charge < -0.3 is 19.3 Å². The molecule has 0 aliphatic rings. The molecule has 29 heavy (non-hydrogen) atoms. The lowest BCUT2D eigenvalue weighted by Crippen LogP contribution is -2.30. The number of phenolic OH excluding ortho intramolecular Hbond substituents is 1. The molecule has 1 N–H and O–H groups in total. The van der Waals surface area contributed by atoms with Gasteiger partial charge in [0, 0.05) is 0 Å². The van der Waals surface area contributed by atoms with Crippen molar-refractivity contribution in [3.8, 4) is 17.2 Å². The zero-order chi connectivity index (χ0) is 21.3. The predicted octanol–water partition coefficient (Wildman–Crippen LogP) is 6.13. The number of carbonyl (C=O) groups is 1. The van der Waals surface area contributed by atoms with Crippen LogP contribution in [0.1, 0.15) is 52.5 Å². The fourth-order valence-corrected chi connectivity index (χ4v) is 2.86. The highest BCUT2D eigenvalue weighted by Crippen LogP contribution is 2.23. The second kappa shape index (κ2) is 10.7. The molecule has 0 heterocycles. The van der Waals surface area contributed by atoms with E-state index in [4.69, 9.17) is 14.2 Å². The van der Waals surface area contributed by atoms with Crippen LogP contribution < -0.4 is 9.47 Å². The van der Waals surface area contributed by atoms with Gasteiger partial charge in [-0.1, -0.05) is 32.4 Å². The van der Waals surface area contributed by atoms with Crippen LogP contribution in [-0.4, -0.2) is 23.5 Å². The standard InChI is InChI=1S/C24H32O5/c1-5-6-19-7-11-21(12-8-19)27-17-18(2)15-16-24(3,4)29-23(26)28-22-13-9-20(25)10-14-22/h7-14,18,25H,5-6,15-17H2,1-4H3. The van der Waals surface area contributed by atoms with Gasteiger partial charge in [0.15, 0.2) is 0 Å². The summed E-state index contributed by atoms with van der Waals surface area (Å²) >= 11 is 0. The fourth-order valence-electron chi connectivity index (χ4n) is 2.86. The minimum Gasteiger partial charge on any atom is -0.508 e. The summed E-state index contributed by atoms with van der Waals surface area (Å²) in [4.78, 5) is 12.0. The number of rotatable bonds is 10. The van der Waals surface area contributed by atoms with E-state index < -0.39 is 11.8 Å². The minimum atomic E-state index is -0.753. The third kappa shape index (κ3) is 8.46. The number of hydrogen-bond acceptors (Lipinski definition) is 5. The van der Waals surface area contributed by atoms with E-state index in [9.17, 15) is 9.90 Å². The third-order valence-corrected chi connectivity index (χ3v) is 4.63. The van der Waals surface area contributed by atoms with Gasteiger partial charge in [-0.3, -0.25) is 0 Å². The smallest absolute Gasteiger partial charge is 0.508 e. The zero-order valence-corrected chi connectivity index (χ0v) is 17.8. The molecule has 0 spiro atoms. The maximum atomic E-state index is 12.0. The van der Waals surface area contributed by atoms with Crippen LogP contribution in [0.2, 0.25) is 0 Å². The molecule has 0 bridgehead atoms. The van der Waals surface area contributed by atoms with Crippen LogP contribution in [-0.2, 0) is 11.2 Å². The van der Waals surface area contributed by atoms with Crippen molar-refractivity contribution in [3.05, 3.63) is 54.1 Å². The second-order valence-corrected chi connectivity index (χ2v) is 8.06. The highest BCUT2D eigenvalue weighted by molar-refractivity contribution is 5.64. The maximum absolute atomic E-state index is 12.0. The Hall–Kier alpha value is -2.69. The van der Waals surface area contributed by atoms with Crippen molar-refractivity contribution in [3.63, 3.8) is 0 Å². The Morgan fingerprint density at radius 1 is 1.03 bits per heavy atom. The average Bonchev–Trinajstić information content (AvgIpc) is 2.67. The van der Waals surface area contributed by atoms with Crippen LogP contribution in [0.15, 0.2) is 48.5 Å². The third-order valence-electron chi connectivity index (χ3n) is 4.63. The van der Waals surface area contributed by atoms with Crippen LogP contribution in [0.25, 0.3) is 0 Å². The van der Waals surface area contributed by atoms with Gasteiger partial charge in [-0.15, -0.1) is 0 Å².